The Morgan fingerprint density at radius 3 is 2.66 bits per heavy atom. The van der Waals surface area contributed by atoms with Gasteiger partial charge in [0.05, 0.1) is 26.0 Å². The number of aliphatic hydroxyl groups is 1. The van der Waals surface area contributed by atoms with Crippen molar-refractivity contribution in [2.45, 2.75) is 64.1 Å². The molecule has 1 unspecified atom stereocenters. The van der Waals surface area contributed by atoms with Gasteiger partial charge in [-0.3, -0.25) is 4.79 Å². The van der Waals surface area contributed by atoms with Gasteiger partial charge in [0.2, 0.25) is 5.91 Å². The minimum atomic E-state index is -1.10. The van der Waals surface area contributed by atoms with Gasteiger partial charge in [0, 0.05) is 0 Å². The van der Waals surface area contributed by atoms with Crippen LogP contribution in [0.4, 0.5) is 0 Å². The molecule has 1 heterocycles. The number of rotatable bonds is 9. The van der Waals surface area contributed by atoms with Gasteiger partial charge in [0.25, 0.3) is 0 Å². The number of nitrogens with one attached hydrogen (secondary N) is 1. The highest BCUT2D eigenvalue weighted by molar-refractivity contribution is 5.87. The third-order valence-electron chi connectivity index (χ3n) is 5.20. The number of carbonyl (C=O) groups excluding carboxylic acids is 1. The van der Waals surface area contributed by atoms with E-state index in [0.29, 0.717) is 36.6 Å². The fourth-order valence-corrected chi connectivity index (χ4v) is 3.13. The summed E-state index contributed by atoms with van der Waals surface area (Å²) in [5.41, 5.74) is -0.474. The van der Waals surface area contributed by atoms with Crippen LogP contribution in [0.5, 0.6) is 11.5 Å². The summed E-state index contributed by atoms with van der Waals surface area (Å²) in [6.45, 7) is 7.88. The van der Waals surface area contributed by atoms with E-state index in [4.69, 9.17) is 9.47 Å². The molecular formula is C21H30N4O4. The number of aromatic nitrogens is 3. The zero-order valence-electron chi connectivity index (χ0n) is 17.7. The zero-order valence-corrected chi connectivity index (χ0v) is 17.7. The van der Waals surface area contributed by atoms with Crippen LogP contribution in [0.3, 0.4) is 0 Å². The Kier molecular flexibility index (Phi) is 5.84. The predicted molar refractivity (Wildman–Crippen MR) is 108 cm³/mol. The lowest BCUT2D eigenvalue weighted by Gasteiger charge is -2.21. The maximum atomic E-state index is 13.0. The van der Waals surface area contributed by atoms with Gasteiger partial charge in [-0.25, -0.2) is 4.68 Å². The number of benzene rings is 1. The Balaban J connectivity index is 1.72. The first kappa shape index (κ1) is 21.1. The average molecular weight is 402 g/mol. The summed E-state index contributed by atoms with van der Waals surface area (Å²) in [5.74, 6) is 1.23. The number of nitrogens with zero attached hydrogens (tertiary/aromatic N) is 3. The molecule has 1 fully saturated rings. The van der Waals surface area contributed by atoms with Crippen molar-refractivity contribution in [3.05, 3.63) is 35.7 Å². The molecule has 1 amide bonds. The van der Waals surface area contributed by atoms with Gasteiger partial charge < -0.3 is 19.9 Å². The van der Waals surface area contributed by atoms with E-state index < -0.39 is 11.1 Å². The molecule has 1 atom stereocenters. The molecule has 1 aliphatic carbocycles. The zero-order chi connectivity index (χ0) is 21.2. The Bertz CT molecular complexity index is 868. The average Bonchev–Trinajstić information content (AvgIpc) is 3.33. The van der Waals surface area contributed by atoms with Crippen molar-refractivity contribution in [1.82, 2.24) is 20.3 Å². The molecule has 1 aromatic carbocycles. The van der Waals surface area contributed by atoms with Gasteiger partial charge in [-0.15, -0.1) is 5.10 Å². The van der Waals surface area contributed by atoms with E-state index in [-0.39, 0.29) is 11.9 Å². The molecule has 2 N–H and O–H groups in total. The monoisotopic (exact) mass is 402 g/mol. The first-order valence-corrected chi connectivity index (χ1v) is 9.98. The highest BCUT2D eigenvalue weighted by Gasteiger charge is 2.53. The van der Waals surface area contributed by atoms with E-state index in [1.807, 2.05) is 32.0 Å². The highest BCUT2D eigenvalue weighted by atomic mass is 16.5. The molecular weight excluding hydrogens is 372 g/mol. The van der Waals surface area contributed by atoms with Crippen molar-refractivity contribution in [2.75, 3.05) is 13.7 Å². The van der Waals surface area contributed by atoms with Crippen LogP contribution in [0, 0.1) is 0 Å². The van der Waals surface area contributed by atoms with Crippen LogP contribution in [0.2, 0.25) is 0 Å². The van der Waals surface area contributed by atoms with Crippen LogP contribution in [-0.4, -0.2) is 39.7 Å². The van der Waals surface area contributed by atoms with Crippen LogP contribution in [0.25, 0.3) is 0 Å². The van der Waals surface area contributed by atoms with Crippen LogP contribution < -0.4 is 14.8 Å². The molecule has 1 aliphatic rings. The lowest BCUT2D eigenvalue weighted by Crippen LogP contribution is -2.40. The van der Waals surface area contributed by atoms with Crippen molar-refractivity contribution in [1.29, 1.82) is 0 Å². The van der Waals surface area contributed by atoms with E-state index in [1.165, 1.54) is 0 Å². The van der Waals surface area contributed by atoms with E-state index in [9.17, 15) is 9.90 Å². The summed E-state index contributed by atoms with van der Waals surface area (Å²) < 4.78 is 12.7. The number of hydrogen-bond donors (Lipinski definition) is 2. The van der Waals surface area contributed by atoms with Gasteiger partial charge in [-0.1, -0.05) is 18.2 Å². The second kappa shape index (κ2) is 8.02. The van der Waals surface area contributed by atoms with Crippen LogP contribution in [0.15, 0.2) is 24.4 Å². The summed E-state index contributed by atoms with van der Waals surface area (Å²) in [6.07, 6.45) is 3.94. The van der Waals surface area contributed by atoms with Crippen molar-refractivity contribution < 1.29 is 19.4 Å². The molecule has 158 valence electrons. The fraction of sp³-hybridized carbons (Fsp3) is 0.571. The minimum Gasteiger partial charge on any atom is -0.493 e. The van der Waals surface area contributed by atoms with E-state index in [1.54, 1.807) is 31.8 Å². The van der Waals surface area contributed by atoms with Crippen molar-refractivity contribution in [3.8, 4) is 11.5 Å². The van der Waals surface area contributed by atoms with Crippen LogP contribution in [0.1, 0.15) is 64.3 Å². The van der Waals surface area contributed by atoms with Gasteiger partial charge in [0.15, 0.2) is 11.5 Å². The van der Waals surface area contributed by atoms with E-state index >= 15 is 0 Å². The summed E-state index contributed by atoms with van der Waals surface area (Å²) in [4.78, 5) is 13.0. The molecule has 0 radical (unpaired) electrons. The Morgan fingerprint density at radius 1 is 1.38 bits per heavy atom. The third kappa shape index (κ3) is 4.37. The smallest absolute Gasteiger partial charge is 0.248 e. The molecule has 8 heteroatoms. The molecule has 3 rings (SSSR count). The first-order chi connectivity index (χ1) is 13.7. The number of hydrogen-bond acceptors (Lipinski definition) is 6. The van der Waals surface area contributed by atoms with E-state index in [2.05, 4.69) is 15.6 Å². The molecule has 1 aromatic heterocycles. The highest BCUT2D eigenvalue weighted by Crippen LogP contribution is 2.44. The SMILES string of the molecule is CCCOc1ccc(C(C)NC(=O)C2(n3cc(C(C)(C)O)nn3)CC2)cc1OC. The minimum absolute atomic E-state index is 0.109. The third-order valence-corrected chi connectivity index (χ3v) is 5.20. The Labute approximate surface area is 171 Å². The molecule has 0 aliphatic heterocycles. The molecule has 0 saturated heterocycles. The largest absolute Gasteiger partial charge is 0.493 e. The van der Waals surface area contributed by atoms with Gasteiger partial charge in [-0.2, -0.15) is 0 Å². The summed E-state index contributed by atoms with van der Waals surface area (Å²) in [7, 11) is 1.60. The molecule has 2 aromatic rings. The Morgan fingerprint density at radius 2 is 2.10 bits per heavy atom. The maximum Gasteiger partial charge on any atom is 0.248 e. The molecule has 1 saturated carbocycles. The fourth-order valence-electron chi connectivity index (χ4n) is 3.13. The molecule has 8 nitrogen and oxygen atoms in total. The van der Waals surface area contributed by atoms with Crippen LogP contribution >= 0.6 is 0 Å². The molecule has 0 spiro atoms. The maximum absolute atomic E-state index is 13.0. The van der Waals surface area contributed by atoms with Crippen molar-refractivity contribution in [3.63, 3.8) is 0 Å². The van der Waals surface area contributed by atoms with Gasteiger partial charge >= 0.3 is 0 Å². The van der Waals surface area contributed by atoms with Gasteiger partial charge in [-0.05, 0) is 57.7 Å². The van der Waals surface area contributed by atoms with E-state index in [0.717, 1.165) is 12.0 Å². The van der Waals surface area contributed by atoms with Gasteiger partial charge in [0.1, 0.15) is 16.8 Å². The predicted octanol–water partition coefficient (Wildman–Crippen LogP) is 2.67. The van der Waals surface area contributed by atoms with Crippen molar-refractivity contribution >= 4 is 5.91 Å². The quantitative estimate of drug-likeness (QED) is 0.669. The summed E-state index contributed by atoms with van der Waals surface area (Å²) in [5, 5.41) is 21.3. The first-order valence-electron chi connectivity index (χ1n) is 9.98. The van der Waals surface area contributed by atoms with Crippen LogP contribution in [-0.2, 0) is 15.9 Å². The van der Waals surface area contributed by atoms with Crippen molar-refractivity contribution in [2.24, 2.45) is 0 Å². The second-order valence-electron chi connectivity index (χ2n) is 8.09. The Hall–Kier alpha value is -2.61. The lowest BCUT2D eigenvalue weighted by molar-refractivity contribution is -0.126. The lowest BCUT2D eigenvalue weighted by atomic mass is 10.1. The number of ether oxygens (including phenoxy) is 2. The summed E-state index contributed by atoms with van der Waals surface area (Å²) >= 11 is 0. The topological polar surface area (TPSA) is 98.5 Å². The standard InChI is InChI=1S/C21H30N4O4/c1-6-11-29-16-8-7-15(12-17(16)28-5)14(2)22-19(26)21(9-10-21)25-13-18(23-24-25)20(3,4)27/h7-8,12-14,27H,6,9-11H2,1-5H3,(H,22,26). The number of methoxy groups -OCH3 is 1. The number of amides is 1. The normalized spacial score (nSPS) is 16.2. The molecule has 29 heavy (non-hydrogen) atoms. The summed E-state index contributed by atoms with van der Waals surface area (Å²) in [6, 6.07) is 5.47. The number of carbonyl (C=O) groups is 1. The second-order valence-corrected chi connectivity index (χ2v) is 8.09. The molecule has 0 bridgehead atoms.